The van der Waals surface area contributed by atoms with Gasteiger partial charge in [-0.2, -0.15) is 0 Å². The van der Waals surface area contributed by atoms with Crippen molar-refractivity contribution in [2.75, 3.05) is 0 Å². The minimum atomic E-state index is 0.145. The molecule has 0 N–H and O–H groups in total. The lowest BCUT2D eigenvalue weighted by atomic mass is 9.81. The van der Waals surface area contributed by atoms with E-state index in [0.717, 1.165) is 12.3 Å². The zero-order valence-corrected chi connectivity index (χ0v) is 19.0. The Bertz CT molecular complexity index is 1060. The first-order valence-corrected chi connectivity index (χ1v) is 11.7. The monoisotopic (exact) mass is 394 g/mol. The van der Waals surface area contributed by atoms with Crippen LogP contribution in [0.4, 0.5) is 0 Å². The molecule has 0 radical (unpaired) electrons. The van der Waals surface area contributed by atoms with Crippen molar-refractivity contribution in [3.63, 3.8) is 0 Å². The SMILES string of the molecule is Cc1ccc(C2=CCC(c3ccc4c(c3)C=CC4C3CCCC3)=C2)c(C(C)(C)C)c1. The molecule has 3 aliphatic carbocycles. The number of fused-ring (bicyclic) bond motifs is 1. The molecule has 1 unspecified atom stereocenters. The lowest BCUT2D eigenvalue weighted by Crippen LogP contribution is -2.14. The van der Waals surface area contributed by atoms with E-state index in [2.05, 4.69) is 88.4 Å². The molecule has 5 rings (SSSR count). The van der Waals surface area contributed by atoms with Crippen molar-refractivity contribution in [1.29, 1.82) is 0 Å². The summed E-state index contributed by atoms with van der Waals surface area (Å²) in [5.41, 5.74) is 11.6. The van der Waals surface area contributed by atoms with Crippen molar-refractivity contribution in [1.82, 2.24) is 0 Å². The highest BCUT2D eigenvalue weighted by Gasteiger charge is 2.29. The van der Waals surface area contributed by atoms with Gasteiger partial charge in [0.25, 0.3) is 0 Å². The highest BCUT2D eigenvalue weighted by Crippen LogP contribution is 2.44. The zero-order valence-electron chi connectivity index (χ0n) is 19.0. The molecule has 1 saturated carbocycles. The Morgan fingerprint density at radius 2 is 1.73 bits per heavy atom. The smallest absolute Gasteiger partial charge is 0.00555 e. The van der Waals surface area contributed by atoms with Crippen molar-refractivity contribution < 1.29 is 0 Å². The second-order valence-corrected chi connectivity index (χ2v) is 10.6. The van der Waals surface area contributed by atoms with E-state index < -0.39 is 0 Å². The molecular formula is C30H34. The topological polar surface area (TPSA) is 0 Å². The fourth-order valence-corrected chi connectivity index (χ4v) is 5.71. The lowest BCUT2D eigenvalue weighted by Gasteiger charge is -2.24. The highest BCUT2D eigenvalue weighted by atomic mass is 14.3. The first-order valence-electron chi connectivity index (χ1n) is 11.7. The molecule has 0 amide bonds. The first kappa shape index (κ1) is 19.6. The summed E-state index contributed by atoms with van der Waals surface area (Å²) in [4.78, 5) is 0. The molecule has 2 aromatic rings. The Hall–Kier alpha value is -2.34. The Kier molecular flexibility index (Phi) is 4.85. The fraction of sp³-hybridized carbons (Fsp3) is 0.400. The molecule has 0 spiro atoms. The van der Waals surface area contributed by atoms with Crippen LogP contribution in [-0.2, 0) is 5.41 Å². The van der Waals surface area contributed by atoms with Gasteiger partial charge in [0.2, 0.25) is 0 Å². The maximum atomic E-state index is 2.47. The van der Waals surface area contributed by atoms with Crippen molar-refractivity contribution >= 4 is 17.2 Å². The summed E-state index contributed by atoms with van der Waals surface area (Å²) in [6, 6.07) is 14.2. The average molecular weight is 395 g/mol. The molecule has 0 aliphatic heterocycles. The molecule has 1 fully saturated rings. The fourth-order valence-electron chi connectivity index (χ4n) is 5.71. The van der Waals surface area contributed by atoms with Gasteiger partial charge in [-0.1, -0.05) is 93.8 Å². The van der Waals surface area contributed by atoms with Crippen molar-refractivity contribution in [3.8, 4) is 0 Å². The van der Waals surface area contributed by atoms with E-state index in [1.165, 1.54) is 64.6 Å². The summed E-state index contributed by atoms with van der Waals surface area (Å²) < 4.78 is 0. The minimum absolute atomic E-state index is 0.145. The van der Waals surface area contributed by atoms with Crippen LogP contribution in [0, 0.1) is 12.8 Å². The molecule has 0 heterocycles. The van der Waals surface area contributed by atoms with E-state index in [-0.39, 0.29) is 5.41 Å². The standard InChI is InChI=1S/C30H34/c1-20-9-14-28(29(17-20)30(2,3)4)25-11-10-22(19-25)23-12-15-27-24(18-23)13-16-26(27)21-7-5-6-8-21/h9,11-19,21,26H,5-8,10H2,1-4H3. The Balaban J connectivity index is 1.43. The van der Waals surface area contributed by atoms with Crippen LogP contribution in [0.25, 0.3) is 17.2 Å². The molecule has 1 atom stereocenters. The van der Waals surface area contributed by atoms with Gasteiger partial charge in [-0.25, -0.2) is 0 Å². The van der Waals surface area contributed by atoms with Crippen LogP contribution in [0.2, 0.25) is 0 Å². The van der Waals surface area contributed by atoms with Gasteiger partial charge < -0.3 is 0 Å². The maximum absolute atomic E-state index is 2.47. The molecule has 0 nitrogen and oxygen atoms in total. The van der Waals surface area contributed by atoms with Crippen LogP contribution in [0.1, 0.15) is 92.2 Å². The predicted molar refractivity (Wildman–Crippen MR) is 131 cm³/mol. The largest absolute Gasteiger partial charge is 0.0761 e. The number of rotatable bonds is 3. The molecule has 0 saturated heterocycles. The van der Waals surface area contributed by atoms with Crippen molar-refractivity contribution in [2.45, 2.75) is 71.1 Å². The van der Waals surface area contributed by atoms with E-state index in [4.69, 9.17) is 0 Å². The van der Waals surface area contributed by atoms with Crippen molar-refractivity contribution in [3.05, 3.63) is 88.0 Å². The number of aryl methyl sites for hydroxylation is 1. The van der Waals surface area contributed by atoms with Crippen LogP contribution >= 0.6 is 0 Å². The van der Waals surface area contributed by atoms with Gasteiger partial charge in [0.15, 0.2) is 0 Å². The minimum Gasteiger partial charge on any atom is -0.0761 e. The lowest BCUT2D eigenvalue weighted by molar-refractivity contribution is 0.498. The van der Waals surface area contributed by atoms with Gasteiger partial charge in [0.05, 0.1) is 0 Å². The third kappa shape index (κ3) is 3.51. The Labute approximate surface area is 182 Å². The summed E-state index contributed by atoms with van der Waals surface area (Å²) in [6.45, 7) is 9.15. The molecule has 0 aromatic heterocycles. The first-order chi connectivity index (χ1) is 14.4. The number of hydrogen-bond acceptors (Lipinski definition) is 0. The normalized spacial score (nSPS) is 21.1. The van der Waals surface area contributed by atoms with E-state index in [1.807, 2.05) is 0 Å². The molecule has 154 valence electrons. The maximum Gasteiger partial charge on any atom is 0.00555 e. The van der Waals surface area contributed by atoms with Gasteiger partial charge >= 0.3 is 0 Å². The summed E-state index contributed by atoms with van der Waals surface area (Å²) in [6.07, 6.45) is 16.4. The van der Waals surface area contributed by atoms with Gasteiger partial charge in [0.1, 0.15) is 0 Å². The summed E-state index contributed by atoms with van der Waals surface area (Å²) in [7, 11) is 0. The third-order valence-corrected chi connectivity index (χ3v) is 7.37. The molecule has 0 bridgehead atoms. The Morgan fingerprint density at radius 3 is 2.50 bits per heavy atom. The summed E-state index contributed by atoms with van der Waals surface area (Å²) >= 11 is 0. The average Bonchev–Trinajstić information content (AvgIpc) is 3.46. The van der Waals surface area contributed by atoms with Gasteiger partial charge in [-0.05, 0) is 82.5 Å². The number of allylic oxidation sites excluding steroid dienone is 5. The van der Waals surface area contributed by atoms with Crippen LogP contribution in [0.3, 0.4) is 0 Å². The predicted octanol–water partition coefficient (Wildman–Crippen LogP) is 8.46. The second-order valence-electron chi connectivity index (χ2n) is 10.6. The van der Waals surface area contributed by atoms with E-state index in [0.29, 0.717) is 5.92 Å². The number of hydrogen-bond donors (Lipinski definition) is 0. The van der Waals surface area contributed by atoms with Gasteiger partial charge in [-0.15, -0.1) is 0 Å². The Morgan fingerprint density at radius 1 is 0.933 bits per heavy atom. The van der Waals surface area contributed by atoms with Gasteiger partial charge in [-0.3, -0.25) is 0 Å². The summed E-state index contributed by atoms with van der Waals surface area (Å²) in [5, 5.41) is 0. The molecule has 30 heavy (non-hydrogen) atoms. The molecule has 3 aliphatic rings. The van der Waals surface area contributed by atoms with E-state index in [9.17, 15) is 0 Å². The third-order valence-electron chi connectivity index (χ3n) is 7.37. The van der Waals surface area contributed by atoms with Gasteiger partial charge in [0, 0.05) is 5.92 Å². The quantitative estimate of drug-likeness (QED) is 0.490. The van der Waals surface area contributed by atoms with E-state index >= 15 is 0 Å². The second kappa shape index (κ2) is 7.41. The van der Waals surface area contributed by atoms with Crippen molar-refractivity contribution in [2.24, 2.45) is 5.92 Å². The van der Waals surface area contributed by atoms with Crippen LogP contribution < -0.4 is 0 Å². The zero-order chi connectivity index (χ0) is 20.9. The highest BCUT2D eigenvalue weighted by molar-refractivity contribution is 5.91. The van der Waals surface area contributed by atoms with E-state index in [1.54, 1.807) is 5.56 Å². The number of benzene rings is 2. The van der Waals surface area contributed by atoms with Crippen LogP contribution in [0.15, 0.2) is 54.6 Å². The molecular weight excluding hydrogens is 360 g/mol. The van der Waals surface area contributed by atoms with Crippen LogP contribution in [0.5, 0.6) is 0 Å². The molecule has 0 heteroatoms. The summed E-state index contributed by atoms with van der Waals surface area (Å²) in [5.74, 6) is 1.52. The van der Waals surface area contributed by atoms with Crippen LogP contribution in [-0.4, -0.2) is 0 Å². The molecule has 2 aromatic carbocycles.